The number of carbonyl (C=O) groups is 3. The van der Waals surface area contributed by atoms with E-state index < -0.39 is 18.3 Å². The number of H-pyrrole nitrogens is 1. The second-order valence-corrected chi connectivity index (χ2v) is 19.9. The summed E-state index contributed by atoms with van der Waals surface area (Å²) in [5.74, 6) is 2.19. The van der Waals surface area contributed by atoms with E-state index in [-0.39, 0.29) is 54.9 Å². The van der Waals surface area contributed by atoms with Crippen LogP contribution in [0.25, 0.3) is 32.7 Å². The second kappa shape index (κ2) is 21.9. The third kappa shape index (κ3) is 11.2. The predicted molar refractivity (Wildman–Crippen MR) is 292 cm³/mol. The minimum Gasteiger partial charge on any atom is -0.476 e. The molecule has 8 heterocycles. The quantitative estimate of drug-likeness (QED) is 0.0399. The van der Waals surface area contributed by atoms with Gasteiger partial charge in [0.05, 0.1) is 82.8 Å². The Morgan fingerprint density at radius 1 is 0.608 bits per heavy atom. The lowest BCUT2D eigenvalue weighted by Crippen LogP contribution is -2.39. The van der Waals surface area contributed by atoms with E-state index in [9.17, 15) is 14.4 Å². The number of anilines is 3. The Kier molecular flexibility index (Phi) is 14.0. The number of hydrogen-bond donors (Lipinski definition) is 7. The molecule has 2 aliphatic heterocycles. The fraction of sp³-hybridized carbons (Fsp3) is 0.304. The van der Waals surface area contributed by atoms with E-state index in [2.05, 4.69) is 57.1 Å². The van der Waals surface area contributed by atoms with Gasteiger partial charge in [0, 0.05) is 49.1 Å². The van der Waals surface area contributed by atoms with E-state index in [1.54, 1.807) is 41.5 Å². The molecule has 7 atom stereocenters. The Balaban J connectivity index is 0.722. The van der Waals surface area contributed by atoms with Crippen molar-refractivity contribution in [3.05, 3.63) is 144 Å². The van der Waals surface area contributed by atoms with Crippen molar-refractivity contribution >= 4 is 68.3 Å². The van der Waals surface area contributed by atoms with Crippen LogP contribution in [0.3, 0.4) is 0 Å². The van der Waals surface area contributed by atoms with Gasteiger partial charge in [0.25, 0.3) is 0 Å². The minimum atomic E-state index is -0.499. The van der Waals surface area contributed by atoms with Gasteiger partial charge in [0.1, 0.15) is 30.2 Å². The van der Waals surface area contributed by atoms with Crippen LogP contribution in [0.1, 0.15) is 80.7 Å². The van der Waals surface area contributed by atoms with Crippen LogP contribution in [0.4, 0.5) is 31.8 Å². The highest BCUT2D eigenvalue weighted by atomic mass is 16.6. The van der Waals surface area contributed by atoms with Crippen LogP contribution in [0.5, 0.6) is 17.6 Å². The van der Waals surface area contributed by atoms with Gasteiger partial charge in [-0.3, -0.25) is 25.7 Å². The fourth-order valence-corrected chi connectivity index (χ4v) is 9.61. The highest BCUT2D eigenvalue weighted by Gasteiger charge is 2.43. The van der Waals surface area contributed by atoms with E-state index in [4.69, 9.17) is 33.9 Å². The lowest BCUT2D eigenvalue weighted by Gasteiger charge is -2.35. The molecule has 3 aliphatic rings. The molecule has 79 heavy (non-hydrogen) atoms. The van der Waals surface area contributed by atoms with Gasteiger partial charge in [-0.05, 0) is 43.9 Å². The predicted octanol–water partition coefficient (Wildman–Crippen LogP) is 8.88. The van der Waals surface area contributed by atoms with Crippen molar-refractivity contribution in [1.29, 1.82) is 0 Å². The molecule has 23 nitrogen and oxygen atoms in total. The number of carbonyl (C=O) groups excluding carboxylic acids is 3. The van der Waals surface area contributed by atoms with Crippen molar-refractivity contribution in [1.82, 2.24) is 60.7 Å². The van der Waals surface area contributed by atoms with Gasteiger partial charge < -0.3 is 39.6 Å². The van der Waals surface area contributed by atoms with Crippen LogP contribution >= 0.6 is 0 Å². The van der Waals surface area contributed by atoms with E-state index in [0.29, 0.717) is 88.5 Å². The number of fused-ring (bicyclic) bond motifs is 3. The second-order valence-electron chi connectivity index (χ2n) is 19.9. The zero-order valence-electron chi connectivity index (χ0n) is 43.3. The number of benzene rings is 3. The van der Waals surface area contributed by atoms with Gasteiger partial charge in [0.2, 0.25) is 17.6 Å². The van der Waals surface area contributed by atoms with Crippen LogP contribution in [-0.4, -0.2) is 101 Å². The Hall–Kier alpha value is -9.35. The maximum Gasteiger partial charge on any atom is 0.320 e. The number of rotatable bonds is 19. The normalized spacial score (nSPS) is 18.8. The minimum absolute atomic E-state index is 0.0397. The molecule has 4 unspecified atom stereocenters. The number of nitrogens with one attached hydrogen (secondary N) is 7. The van der Waals surface area contributed by atoms with Crippen molar-refractivity contribution < 1.29 is 38.1 Å². The van der Waals surface area contributed by atoms with Gasteiger partial charge in [0.15, 0.2) is 6.23 Å². The van der Waals surface area contributed by atoms with Crippen LogP contribution in [-0.2, 0) is 9.47 Å². The highest BCUT2D eigenvalue weighted by molar-refractivity contribution is 5.94. The molecule has 3 fully saturated rings. The average molecular weight is 1070 g/mol. The van der Waals surface area contributed by atoms with Gasteiger partial charge in [-0.2, -0.15) is 0 Å². The molecule has 1 aliphatic carbocycles. The van der Waals surface area contributed by atoms with Crippen molar-refractivity contribution in [2.45, 2.75) is 76.2 Å². The van der Waals surface area contributed by atoms with E-state index in [0.717, 1.165) is 28.6 Å². The molecule has 6 amide bonds. The first-order chi connectivity index (χ1) is 38.5. The molecule has 7 N–H and O–H groups in total. The van der Waals surface area contributed by atoms with Crippen molar-refractivity contribution in [2.75, 3.05) is 42.4 Å². The molecule has 0 bridgehead atoms. The highest BCUT2D eigenvalue weighted by Crippen LogP contribution is 2.47. The molecular weight excluding hydrogens is 1010 g/mol. The van der Waals surface area contributed by atoms with E-state index in [1.807, 2.05) is 116 Å². The largest absolute Gasteiger partial charge is 0.476 e. The van der Waals surface area contributed by atoms with Crippen LogP contribution in [0.15, 0.2) is 128 Å². The summed E-state index contributed by atoms with van der Waals surface area (Å²) in [6.07, 6.45) is 5.25. The third-order valence-electron chi connectivity index (χ3n) is 14.2. The zero-order chi connectivity index (χ0) is 54.0. The molecule has 6 aromatic heterocycles. The first-order valence-electron chi connectivity index (χ1n) is 26.2. The Bertz CT molecular complexity index is 3640. The molecule has 1 saturated carbocycles. The summed E-state index contributed by atoms with van der Waals surface area (Å²) in [5.41, 5.74) is 4.93. The monoisotopic (exact) mass is 1070 g/mol. The number of nitrogens with zero attached hydrogens (tertiary/aromatic N) is 8. The molecule has 3 aromatic carbocycles. The third-order valence-corrected chi connectivity index (χ3v) is 14.2. The average Bonchev–Trinajstić information content (AvgIpc) is 4.04. The smallest absolute Gasteiger partial charge is 0.320 e. The Labute approximate surface area is 452 Å². The molecule has 404 valence electrons. The SMILES string of the molecule is C[C@@H](NC(=O)Nc1cc2[nH]nc(OCC3CC(n4nc(OCC5CC5n5nc(OC6COC6)c6cnc(NC(=O)N[C@H](C)c7ccccc7)cc65)c5cnc(NC(=O)N[C@H](C)c6ccccc6)cc54)O3)c2cn1)c1ccccc1. The van der Waals surface area contributed by atoms with E-state index >= 15 is 0 Å². The van der Waals surface area contributed by atoms with Gasteiger partial charge in [-0.1, -0.05) is 91.0 Å². The van der Waals surface area contributed by atoms with E-state index in [1.165, 1.54) is 0 Å². The number of urea groups is 3. The van der Waals surface area contributed by atoms with Crippen LogP contribution in [0, 0.1) is 5.92 Å². The summed E-state index contributed by atoms with van der Waals surface area (Å²) in [6.45, 7) is 7.16. The maximum absolute atomic E-state index is 13.3. The summed E-state index contributed by atoms with van der Waals surface area (Å²) in [7, 11) is 0. The van der Waals surface area contributed by atoms with Crippen molar-refractivity contribution in [2.24, 2.45) is 5.92 Å². The maximum atomic E-state index is 13.3. The fourth-order valence-electron chi connectivity index (χ4n) is 9.61. The molecule has 9 aromatic rings. The number of aromatic amines is 1. The molecule has 12 rings (SSSR count). The Morgan fingerprint density at radius 3 is 1.62 bits per heavy atom. The Morgan fingerprint density at radius 2 is 1.09 bits per heavy atom. The molecular formula is C56H57N15O8. The molecule has 0 spiro atoms. The number of aromatic nitrogens is 9. The summed E-state index contributed by atoms with van der Waals surface area (Å²) in [5, 5.41) is 36.6. The summed E-state index contributed by atoms with van der Waals surface area (Å²) in [6, 6.07) is 32.4. The number of hydrogen-bond acceptors (Lipinski definition) is 14. The van der Waals surface area contributed by atoms with Gasteiger partial charge in [-0.15, -0.1) is 15.3 Å². The van der Waals surface area contributed by atoms with Crippen molar-refractivity contribution in [3.63, 3.8) is 0 Å². The van der Waals surface area contributed by atoms with Crippen LogP contribution < -0.4 is 46.1 Å². The molecule has 2 saturated heterocycles. The van der Waals surface area contributed by atoms with Crippen molar-refractivity contribution in [3.8, 4) is 17.6 Å². The standard InChI is InChI=1S/C56H57N15O8/c1-31(34-13-7-4-8-14-34)60-54(72)63-47-21-43-40(24-57-47)51(67-66-43)77-30-38-20-50(78-38)71-46-23-49(65-56(74)62-33(3)36-17-11-6-12-18-36)58-25-41(46)52(68-71)76-27-37-19-44(37)70-45-22-48(59-26-42(45)53(69-70)79-39-28-75-29-39)64-55(73)61-32(2)35-15-9-5-10-16-35/h4-18,21-26,31-33,37-39,44,50H,19-20,27-30H2,1-3H3,(H,66,67)(H2,57,60,63,72)(H2,58,62,65,74)(H2,59,61,64,73)/t31-,32-,33-,37?,38?,44?,50?/m1/s1. The number of pyridine rings is 3. The first kappa shape index (κ1) is 50.5. The topological polar surface area (TPSA) is 273 Å². The lowest BCUT2D eigenvalue weighted by molar-refractivity contribution is -0.180. The molecule has 0 radical (unpaired) electrons. The first-order valence-corrected chi connectivity index (χ1v) is 26.2. The summed E-state index contributed by atoms with van der Waals surface area (Å²) >= 11 is 0. The van der Waals surface area contributed by atoms with Gasteiger partial charge in [-0.25, -0.2) is 34.0 Å². The summed E-state index contributed by atoms with van der Waals surface area (Å²) in [4.78, 5) is 52.8. The summed E-state index contributed by atoms with van der Waals surface area (Å²) < 4.78 is 34.4. The zero-order valence-corrected chi connectivity index (χ0v) is 43.3. The lowest BCUT2D eigenvalue weighted by atomic mass is 10.1. The van der Waals surface area contributed by atoms with Crippen LogP contribution in [0.2, 0.25) is 0 Å². The van der Waals surface area contributed by atoms with Gasteiger partial charge >= 0.3 is 18.1 Å². The molecule has 23 heteroatoms. The number of amides is 6. The number of ether oxygens (including phenoxy) is 5.